The molecule has 0 radical (unpaired) electrons. The van der Waals surface area contributed by atoms with Crippen molar-refractivity contribution in [2.45, 2.75) is 13.0 Å². The largest absolute Gasteiger partial charge is 0.357 e. The van der Waals surface area contributed by atoms with Gasteiger partial charge in [0.2, 0.25) is 0 Å². The third-order valence-corrected chi connectivity index (χ3v) is 3.36. The van der Waals surface area contributed by atoms with Crippen molar-refractivity contribution in [2.24, 2.45) is 0 Å². The van der Waals surface area contributed by atoms with Crippen molar-refractivity contribution in [3.63, 3.8) is 0 Å². The van der Waals surface area contributed by atoms with Crippen LogP contribution in [-0.2, 0) is 13.0 Å². The van der Waals surface area contributed by atoms with Gasteiger partial charge in [-0.3, -0.25) is 0 Å². The number of rotatable bonds is 1. The van der Waals surface area contributed by atoms with E-state index in [0.717, 1.165) is 35.8 Å². The molecule has 1 aliphatic heterocycles. The highest BCUT2D eigenvalue weighted by atomic mass is 35.5. The Balaban J connectivity index is 2.07. The van der Waals surface area contributed by atoms with Gasteiger partial charge >= 0.3 is 0 Å². The molecule has 1 aromatic carbocycles. The van der Waals surface area contributed by atoms with Gasteiger partial charge in [-0.05, 0) is 30.7 Å². The zero-order valence-corrected chi connectivity index (χ0v) is 9.64. The van der Waals surface area contributed by atoms with E-state index in [1.54, 1.807) is 0 Å². The van der Waals surface area contributed by atoms with E-state index >= 15 is 0 Å². The molecule has 0 fully saturated rings. The maximum Gasteiger partial charge on any atom is 0.0499 e. The van der Waals surface area contributed by atoms with Gasteiger partial charge in [-0.25, -0.2) is 0 Å². The predicted molar refractivity (Wildman–Crippen MR) is 66.6 cm³/mol. The van der Waals surface area contributed by atoms with Crippen LogP contribution >= 0.6 is 11.6 Å². The van der Waals surface area contributed by atoms with E-state index in [-0.39, 0.29) is 0 Å². The fraction of sp³-hybridized carbons (Fsp3) is 0.231. The van der Waals surface area contributed by atoms with E-state index in [9.17, 15) is 0 Å². The minimum absolute atomic E-state index is 0.800. The standard InChI is InChI=1S/C13H13ClN2/c14-11-4-2-1-3-10(11)12-7-9-5-6-15-8-13(9)16-12/h1-4,7,15-16H,5-6,8H2. The molecule has 16 heavy (non-hydrogen) atoms. The first-order valence-electron chi connectivity index (χ1n) is 5.51. The van der Waals surface area contributed by atoms with E-state index in [2.05, 4.69) is 16.4 Å². The quantitative estimate of drug-likeness (QED) is 0.777. The lowest BCUT2D eigenvalue weighted by Gasteiger charge is -2.11. The number of H-pyrrole nitrogens is 1. The van der Waals surface area contributed by atoms with Crippen LogP contribution in [0.1, 0.15) is 11.3 Å². The number of aromatic amines is 1. The molecule has 0 spiro atoms. The zero-order valence-electron chi connectivity index (χ0n) is 8.89. The second-order valence-electron chi connectivity index (χ2n) is 4.09. The number of nitrogens with one attached hydrogen (secondary N) is 2. The summed E-state index contributed by atoms with van der Waals surface area (Å²) in [4.78, 5) is 3.44. The smallest absolute Gasteiger partial charge is 0.0499 e. The molecule has 0 unspecified atom stereocenters. The topological polar surface area (TPSA) is 27.8 Å². The molecule has 1 aliphatic rings. The number of fused-ring (bicyclic) bond motifs is 1. The average Bonchev–Trinajstić information content (AvgIpc) is 2.73. The van der Waals surface area contributed by atoms with Gasteiger partial charge in [0.25, 0.3) is 0 Å². The molecule has 0 saturated heterocycles. The Morgan fingerprint density at radius 1 is 1.19 bits per heavy atom. The summed E-state index contributed by atoms with van der Waals surface area (Å²) in [6, 6.07) is 10.2. The number of hydrogen-bond acceptors (Lipinski definition) is 1. The normalized spacial score (nSPS) is 14.8. The van der Waals surface area contributed by atoms with Crippen molar-refractivity contribution < 1.29 is 0 Å². The minimum Gasteiger partial charge on any atom is -0.357 e. The maximum absolute atomic E-state index is 6.19. The molecule has 3 rings (SSSR count). The Labute approximate surface area is 99.6 Å². The van der Waals surface area contributed by atoms with Gasteiger partial charge in [0.05, 0.1) is 0 Å². The second kappa shape index (κ2) is 3.96. The van der Waals surface area contributed by atoms with Gasteiger partial charge in [-0.1, -0.05) is 29.8 Å². The lowest BCUT2D eigenvalue weighted by atomic mass is 10.1. The van der Waals surface area contributed by atoms with Gasteiger partial charge in [0.15, 0.2) is 0 Å². The van der Waals surface area contributed by atoms with Crippen LogP contribution in [0.15, 0.2) is 30.3 Å². The van der Waals surface area contributed by atoms with Crippen molar-refractivity contribution in [2.75, 3.05) is 6.54 Å². The van der Waals surface area contributed by atoms with Crippen molar-refractivity contribution >= 4 is 11.6 Å². The van der Waals surface area contributed by atoms with Crippen LogP contribution in [0.25, 0.3) is 11.3 Å². The van der Waals surface area contributed by atoms with Crippen LogP contribution < -0.4 is 5.32 Å². The summed E-state index contributed by atoms with van der Waals surface area (Å²) in [6.07, 6.45) is 1.09. The van der Waals surface area contributed by atoms with Crippen molar-refractivity contribution in [3.8, 4) is 11.3 Å². The minimum atomic E-state index is 0.800. The van der Waals surface area contributed by atoms with Crippen molar-refractivity contribution in [3.05, 3.63) is 46.6 Å². The predicted octanol–water partition coefficient (Wildman–Crippen LogP) is 2.98. The van der Waals surface area contributed by atoms with Crippen LogP contribution in [0.4, 0.5) is 0 Å². The lowest BCUT2D eigenvalue weighted by molar-refractivity contribution is 0.635. The molecule has 0 saturated carbocycles. The van der Waals surface area contributed by atoms with Crippen LogP contribution in [0.5, 0.6) is 0 Å². The van der Waals surface area contributed by atoms with Gasteiger partial charge in [-0.2, -0.15) is 0 Å². The van der Waals surface area contributed by atoms with Crippen LogP contribution in [0, 0.1) is 0 Å². The van der Waals surface area contributed by atoms with E-state index in [1.165, 1.54) is 11.3 Å². The van der Waals surface area contributed by atoms with E-state index in [4.69, 9.17) is 11.6 Å². The number of aromatic nitrogens is 1. The fourth-order valence-electron chi connectivity index (χ4n) is 2.18. The molecule has 2 nitrogen and oxygen atoms in total. The molecule has 0 amide bonds. The van der Waals surface area contributed by atoms with E-state index in [1.807, 2.05) is 24.3 Å². The van der Waals surface area contributed by atoms with Crippen molar-refractivity contribution in [1.29, 1.82) is 0 Å². The van der Waals surface area contributed by atoms with Crippen molar-refractivity contribution in [1.82, 2.24) is 10.3 Å². The number of halogens is 1. The number of benzene rings is 1. The molecule has 2 heterocycles. The molecule has 2 aromatic rings. The summed E-state index contributed by atoms with van der Waals surface area (Å²) >= 11 is 6.19. The Hall–Kier alpha value is -1.25. The average molecular weight is 233 g/mol. The van der Waals surface area contributed by atoms with Crippen LogP contribution in [0.2, 0.25) is 5.02 Å². The first-order chi connectivity index (χ1) is 7.84. The van der Waals surface area contributed by atoms with Gasteiger partial charge in [-0.15, -0.1) is 0 Å². The summed E-state index contributed by atoms with van der Waals surface area (Å²) in [5.74, 6) is 0. The van der Waals surface area contributed by atoms with Gasteiger partial charge in [0, 0.05) is 28.5 Å². The molecular formula is C13H13ClN2. The summed E-state index contributed by atoms with van der Waals surface area (Å²) in [6.45, 7) is 1.99. The van der Waals surface area contributed by atoms with Gasteiger partial charge in [0.1, 0.15) is 0 Å². The third kappa shape index (κ3) is 1.64. The molecule has 3 heteroatoms. The maximum atomic E-state index is 6.19. The Bertz CT molecular complexity index is 493. The molecular weight excluding hydrogens is 220 g/mol. The van der Waals surface area contributed by atoms with E-state index < -0.39 is 0 Å². The Morgan fingerprint density at radius 2 is 2.06 bits per heavy atom. The number of hydrogen-bond donors (Lipinski definition) is 2. The third-order valence-electron chi connectivity index (χ3n) is 3.03. The Morgan fingerprint density at radius 3 is 2.88 bits per heavy atom. The van der Waals surface area contributed by atoms with Crippen LogP contribution in [-0.4, -0.2) is 11.5 Å². The second-order valence-corrected chi connectivity index (χ2v) is 4.50. The molecule has 2 N–H and O–H groups in total. The highest BCUT2D eigenvalue weighted by Crippen LogP contribution is 2.29. The van der Waals surface area contributed by atoms with E-state index in [0.29, 0.717) is 0 Å². The SMILES string of the molecule is Clc1ccccc1-c1cc2c([nH]1)CNCC2. The Kier molecular flexibility index (Phi) is 2.46. The highest BCUT2D eigenvalue weighted by Gasteiger charge is 2.13. The molecule has 0 atom stereocenters. The fourth-order valence-corrected chi connectivity index (χ4v) is 2.42. The van der Waals surface area contributed by atoms with Gasteiger partial charge < -0.3 is 10.3 Å². The highest BCUT2D eigenvalue weighted by molar-refractivity contribution is 6.33. The molecule has 0 bridgehead atoms. The molecule has 0 aliphatic carbocycles. The first kappa shape index (κ1) is 9.94. The molecule has 82 valence electrons. The first-order valence-corrected chi connectivity index (χ1v) is 5.89. The zero-order chi connectivity index (χ0) is 11.0. The summed E-state index contributed by atoms with van der Waals surface area (Å²) in [5, 5.41) is 4.16. The summed E-state index contributed by atoms with van der Waals surface area (Å²) in [7, 11) is 0. The lowest BCUT2D eigenvalue weighted by Crippen LogP contribution is -2.22. The monoisotopic (exact) mass is 232 g/mol. The molecule has 1 aromatic heterocycles. The summed E-state index contributed by atoms with van der Waals surface area (Å²) in [5.41, 5.74) is 4.91. The summed E-state index contributed by atoms with van der Waals surface area (Å²) < 4.78 is 0. The van der Waals surface area contributed by atoms with Crippen LogP contribution in [0.3, 0.4) is 0 Å².